The summed E-state index contributed by atoms with van der Waals surface area (Å²) in [7, 11) is 2.98. The second kappa shape index (κ2) is 6.31. The molecular formula is C17H16N2O4. The van der Waals surface area contributed by atoms with Crippen LogP contribution in [-0.4, -0.2) is 29.5 Å². The number of para-hydroxylation sites is 1. The van der Waals surface area contributed by atoms with Gasteiger partial charge in [-0.15, -0.1) is 0 Å². The number of hydrogen-bond acceptors (Lipinski definition) is 5. The summed E-state index contributed by atoms with van der Waals surface area (Å²) in [6, 6.07) is 12.8. The fourth-order valence-corrected chi connectivity index (χ4v) is 2.27. The van der Waals surface area contributed by atoms with E-state index in [2.05, 4.69) is 10.2 Å². The van der Waals surface area contributed by atoms with Crippen LogP contribution in [0.4, 0.5) is 0 Å². The normalized spacial score (nSPS) is 10.3. The number of benzene rings is 2. The summed E-state index contributed by atoms with van der Waals surface area (Å²) in [5.41, 5.74) is 1.05. The van der Waals surface area contributed by atoms with Crippen LogP contribution in [0.2, 0.25) is 0 Å². The van der Waals surface area contributed by atoms with Crippen molar-refractivity contribution >= 4 is 0 Å². The molecule has 0 saturated heterocycles. The maximum absolute atomic E-state index is 10.5. The van der Waals surface area contributed by atoms with Crippen molar-refractivity contribution in [1.82, 2.24) is 10.2 Å². The Morgan fingerprint density at radius 2 is 1.74 bits per heavy atom. The fourth-order valence-electron chi connectivity index (χ4n) is 2.27. The zero-order valence-electron chi connectivity index (χ0n) is 12.7. The second-order valence-electron chi connectivity index (χ2n) is 4.72. The Kier molecular flexibility index (Phi) is 4.05. The quantitative estimate of drug-likeness (QED) is 0.753. The Morgan fingerprint density at radius 3 is 2.43 bits per heavy atom. The number of aromatic hydroxyl groups is 1. The molecule has 0 radical (unpaired) electrons. The standard InChI is InChI=1S/C17H16N2O4/c1-21-13-9-8-12(16(20)17(13)22-2)15-14(10-18-19-15)23-11-6-4-3-5-7-11/h3-10,20H,1-2H3,(H,18,19). The lowest BCUT2D eigenvalue weighted by atomic mass is 10.1. The summed E-state index contributed by atoms with van der Waals surface area (Å²) in [6.07, 6.45) is 1.55. The van der Waals surface area contributed by atoms with E-state index in [0.29, 0.717) is 28.5 Å². The van der Waals surface area contributed by atoms with E-state index >= 15 is 0 Å². The van der Waals surface area contributed by atoms with Gasteiger partial charge in [0.1, 0.15) is 11.4 Å². The number of methoxy groups -OCH3 is 2. The zero-order valence-corrected chi connectivity index (χ0v) is 12.7. The van der Waals surface area contributed by atoms with Gasteiger partial charge in [-0.2, -0.15) is 5.10 Å². The van der Waals surface area contributed by atoms with Crippen LogP contribution in [0.25, 0.3) is 11.3 Å². The average Bonchev–Trinajstić information content (AvgIpc) is 3.03. The molecule has 0 aliphatic carbocycles. The highest BCUT2D eigenvalue weighted by molar-refractivity contribution is 5.77. The first-order valence-electron chi connectivity index (χ1n) is 6.95. The molecule has 0 aliphatic heterocycles. The van der Waals surface area contributed by atoms with Gasteiger partial charge in [-0.1, -0.05) is 18.2 Å². The summed E-state index contributed by atoms with van der Waals surface area (Å²) in [6.45, 7) is 0. The highest BCUT2D eigenvalue weighted by Gasteiger charge is 2.19. The van der Waals surface area contributed by atoms with Gasteiger partial charge in [-0.25, -0.2) is 0 Å². The van der Waals surface area contributed by atoms with E-state index in [1.54, 1.807) is 18.3 Å². The third-order valence-corrected chi connectivity index (χ3v) is 3.36. The lowest BCUT2D eigenvalue weighted by Crippen LogP contribution is -1.93. The first-order chi connectivity index (χ1) is 11.2. The van der Waals surface area contributed by atoms with Crippen molar-refractivity contribution in [1.29, 1.82) is 0 Å². The molecule has 0 fully saturated rings. The molecule has 0 atom stereocenters. The predicted molar refractivity (Wildman–Crippen MR) is 85.3 cm³/mol. The van der Waals surface area contributed by atoms with Gasteiger partial charge in [-0.3, -0.25) is 5.10 Å². The molecule has 0 saturated carbocycles. The number of rotatable bonds is 5. The van der Waals surface area contributed by atoms with Crippen LogP contribution in [0, 0.1) is 0 Å². The molecule has 6 heteroatoms. The summed E-state index contributed by atoms with van der Waals surface area (Å²) in [5.74, 6) is 1.83. The molecule has 3 rings (SSSR count). The number of H-pyrrole nitrogens is 1. The van der Waals surface area contributed by atoms with E-state index in [-0.39, 0.29) is 11.5 Å². The summed E-state index contributed by atoms with van der Waals surface area (Å²) in [4.78, 5) is 0. The third-order valence-electron chi connectivity index (χ3n) is 3.36. The highest BCUT2D eigenvalue weighted by atomic mass is 16.5. The lowest BCUT2D eigenvalue weighted by molar-refractivity contribution is 0.333. The molecule has 2 aromatic carbocycles. The van der Waals surface area contributed by atoms with Gasteiger partial charge < -0.3 is 19.3 Å². The van der Waals surface area contributed by atoms with Gasteiger partial charge >= 0.3 is 0 Å². The van der Waals surface area contributed by atoms with Crippen molar-refractivity contribution in [2.75, 3.05) is 14.2 Å². The van der Waals surface area contributed by atoms with Crippen LogP contribution >= 0.6 is 0 Å². The van der Waals surface area contributed by atoms with Crippen LogP contribution < -0.4 is 14.2 Å². The maximum Gasteiger partial charge on any atom is 0.203 e. The molecule has 6 nitrogen and oxygen atoms in total. The first-order valence-corrected chi connectivity index (χ1v) is 6.95. The van der Waals surface area contributed by atoms with E-state index in [9.17, 15) is 5.11 Å². The van der Waals surface area contributed by atoms with Gasteiger partial charge in [0.2, 0.25) is 5.75 Å². The molecule has 0 spiro atoms. The molecule has 0 unspecified atom stereocenters. The molecule has 0 amide bonds. The maximum atomic E-state index is 10.5. The number of nitrogens with zero attached hydrogens (tertiary/aromatic N) is 1. The average molecular weight is 312 g/mol. The van der Waals surface area contributed by atoms with E-state index in [0.717, 1.165) is 0 Å². The van der Waals surface area contributed by atoms with Crippen LogP contribution in [-0.2, 0) is 0 Å². The Bertz CT molecular complexity index is 800. The van der Waals surface area contributed by atoms with E-state index in [1.807, 2.05) is 30.3 Å². The summed E-state index contributed by atoms with van der Waals surface area (Å²) in [5, 5.41) is 17.3. The largest absolute Gasteiger partial charge is 0.504 e. The van der Waals surface area contributed by atoms with Crippen LogP contribution in [0.5, 0.6) is 28.7 Å². The van der Waals surface area contributed by atoms with Crippen molar-refractivity contribution in [2.24, 2.45) is 0 Å². The SMILES string of the molecule is COc1ccc(-c2[nH]ncc2Oc2ccccc2)c(O)c1OC. The second-order valence-corrected chi connectivity index (χ2v) is 4.72. The minimum Gasteiger partial charge on any atom is -0.504 e. The Balaban J connectivity index is 2.02. The molecule has 1 heterocycles. The third kappa shape index (κ3) is 2.78. The first kappa shape index (κ1) is 14.8. The topological polar surface area (TPSA) is 76.6 Å². The Labute approximate surface area is 133 Å². The molecular weight excluding hydrogens is 296 g/mol. The van der Waals surface area contributed by atoms with Crippen LogP contribution in [0.1, 0.15) is 0 Å². The number of hydrogen-bond donors (Lipinski definition) is 2. The minimum absolute atomic E-state index is 0.0472. The number of nitrogens with one attached hydrogen (secondary N) is 1. The van der Waals surface area contributed by atoms with Gasteiger partial charge in [0.15, 0.2) is 17.2 Å². The molecule has 23 heavy (non-hydrogen) atoms. The van der Waals surface area contributed by atoms with Crippen molar-refractivity contribution in [3.63, 3.8) is 0 Å². The summed E-state index contributed by atoms with van der Waals surface area (Å²) < 4.78 is 16.2. The molecule has 1 aromatic heterocycles. The molecule has 0 aliphatic rings. The monoisotopic (exact) mass is 312 g/mol. The molecule has 118 valence electrons. The smallest absolute Gasteiger partial charge is 0.203 e. The van der Waals surface area contributed by atoms with Gasteiger partial charge in [0, 0.05) is 5.56 Å². The number of aromatic amines is 1. The van der Waals surface area contributed by atoms with Gasteiger partial charge in [0.25, 0.3) is 0 Å². The van der Waals surface area contributed by atoms with E-state index in [4.69, 9.17) is 14.2 Å². The molecule has 0 bridgehead atoms. The number of phenolic OH excluding ortho intramolecular Hbond substituents is 1. The number of aromatic nitrogens is 2. The highest BCUT2D eigenvalue weighted by Crippen LogP contribution is 2.45. The predicted octanol–water partition coefficient (Wildman–Crippen LogP) is 3.59. The van der Waals surface area contributed by atoms with E-state index in [1.165, 1.54) is 14.2 Å². The Morgan fingerprint density at radius 1 is 0.957 bits per heavy atom. The van der Waals surface area contributed by atoms with Crippen LogP contribution in [0.15, 0.2) is 48.7 Å². The molecule has 3 aromatic rings. The van der Waals surface area contributed by atoms with Crippen molar-refractivity contribution in [2.45, 2.75) is 0 Å². The molecule has 2 N–H and O–H groups in total. The van der Waals surface area contributed by atoms with Crippen LogP contribution in [0.3, 0.4) is 0 Å². The number of phenols is 1. The van der Waals surface area contributed by atoms with Crippen molar-refractivity contribution in [3.8, 4) is 40.0 Å². The number of ether oxygens (including phenoxy) is 3. The van der Waals surface area contributed by atoms with Gasteiger partial charge in [0.05, 0.1) is 20.4 Å². The lowest BCUT2D eigenvalue weighted by Gasteiger charge is -2.13. The zero-order chi connectivity index (χ0) is 16.2. The van der Waals surface area contributed by atoms with E-state index < -0.39 is 0 Å². The van der Waals surface area contributed by atoms with Crippen molar-refractivity contribution < 1.29 is 19.3 Å². The minimum atomic E-state index is -0.0472. The van der Waals surface area contributed by atoms with Gasteiger partial charge in [-0.05, 0) is 24.3 Å². The summed E-state index contributed by atoms with van der Waals surface area (Å²) >= 11 is 0. The fraction of sp³-hybridized carbons (Fsp3) is 0.118. The van der Waals surface area contributed by atoms with Crippen molar-refractivity contribution in [3.05, 3.63) is 48.7 Å². The Hall–Kier alpha value is -3.15.